The summed E-state index contributed by atoms with van der Waals surface area (Å²) in [4.78, 5) is 14.2. The zero-order valence-corrected chi connectivity index (χ0v) is 11.7. The summed E-state index contributed by atoms with van der Waals surface area (Å²) in [6.45, 7) is 5.83. The number of likely N-dealkylation sites (tertiary alicyclic amines) is 1. The molecule has 0 unspecified atom stereocenters. The molecule has 18 heavy (non-hydrogen) atoms. The van der Waals surface area contributed by atoms with Crippen LogP contribution in [0.3, 0.4) is 0 Å². The molecule has 0 aromatic carbocycles. The third-order valence-electron chi connectivity index (χ3n) is 4.45. The highest BCUT2D eigenvalue weighted by molar-refractivity contribution is 5.72. The summed E-state index contributed by atoms with van der Waals surface area (Å²) in [5, 5.41) is 0. The highest BCUT2D eigenvalue weighted by Gasteiger charge is 2.27. The number of hydrogen-bond acceptors (Lipinski definition) is 3. The van der Waals surface area contributed by atoms with E-state index in [1.165, 1.54) is 38.6 Å². The Morgan fingerprint density at radius 2 is 1.78 bits per heavy atom. The number of nitrogens with zero attached hydrogens (tertiary/aromatic N) is 1. The summed E-state index contributed by atoms with van der Waals surface area (Å²) < 4.78 is 5.11. The topological polar surface area (TPSA) is 29.5 Å². The Morgan fingerprint density at radius 3 is 2.39 bits per heavy atom. The average molecular weight is 253 g/mol. The average Bonchev–Trinajstić information content (AvgIpc) is 2.41. The first-order chi connectivity index (χ1) is 8.79. The van der Waals surface area contributed by atoms with Gasteiger partial charge in [0.2, 0.25) is 0 Å². The Kier molecular flexibility index (Phi) is 5.48. The summed E-state index contributed by atoms with van der Waals surface area (Å²) in [7, 11) is 0. The predicted molar refractivity (Wildman–Crippen MR) is 72.4 cm³/mol. The van der Waals surface area contributed by atoms with Crippen molar-refractivity contribution in [1.82, 2.24) is 4.90 Å². The van der Waals surface area contributed by atoms with Crippen molar-refractivity contribution >= 4 is 5.97 Å². The minimum Gasteiger partial charge on any atom is -0.466 e. The van der Waals surface area contributed by atoms with Crippen LogP contribution in [0.1, 0.15) is 51.9 Å². The number of carbonyl (C=O) groups excluding carboxylic acids is 1. The van der Waals surface area contributed by atoms with Crippen molar-refractivity contribution in [3.63, 3.8) is 0 Å². The number of rotatable bonds is 4. The maximum atomic E-state index is 11.7. The van der Waals surface area contributed by atoms with E-state index in [0.29, 0.717) is 6.61 Å². The minimum atomic E-state index is 0.0230. The molecule has 2 fully saturated rings. The fraction of sp³-hybridized carbons (Fsp3) is 0.933. The SMILES string of the molecule is CCOC(=O)C1CCN(CC2CCCCC2)CC1. The quantitative estimate of drug-likeness (QED) is 0.722. The summed E-state index contributed by atoms with van der Waals surface area (Å²) in [6, 6.07) is 0. The first-order valence-electron chi connectivity index (χ1n) is 7.68. The molecular weight excluding hydrogens is 226 g/mol. The Hall–Kier alpha value is -0.570. The molecule has 0 amide bonds. The zero-order chi connectivity index (χ0) is 12.8. The van der Waals surface area contributed by atoms with Gasteiger partial charge in [0.05, 0.1) is 12.5 Å². The van der Waals surface area contributed by atoms with Gasteiger partial charge < -0.3 is 9.64 Å². The van der Waals surface area contributed by atoms with Crippen LogP contribution < -0.4 is 0 Å². The Balaban J connectivity index is 1.68. The van der Waals surface area contributed by atoms with E-state index in [9.17, 15) is 4.79 Å². The molecule has 0 spiro atoms. The van der Waals surface area contributed by atoms with Crippen molar-refractivity contribution in [2.24, 2.45) is 11.8 Å². The number of piperidine rings is 1. The van der Waals surface area contributed by atoms with Gasteiger partial charge in [-0.1, -0.05) is 19.3 Å². The Morgan fingerprint density at radius 1 is 1.11 bits per heavy atom. The van der Waals surface area contributed by atoms with E-state index in [2.05, 4.69) is 4.90 Å². The number of esters is 1. The highest BCUT2D eigenvalue weighted by atomic mass is 16.5. The molecular formula is C15H27NO2. The van der Waals surface area contributed by atoms with Gasteiger partial charge >= 0.3 is 5.97 Å². The van der Waals surface area contributed by atoms with Crippen LogP contribution in [0.4, 0.5) is 0 Å². The fourth-order valence-corrected chi connectivity index (χ4v) is 3.35. The monoisotopic (exact) mass is 253 g/mol. The van der Waals surface area contributed by atoms with Crippen LogP contribution in [0.5, 0.6) is 0 Å². The maximum absolute atomic E-state index is 11.7. The van der Waals surface area contributed by atoms with Gasteiger partial charge in [-0.3, -0.25) is 4.79 Å². The van der Waals surface area contributed by atoms with Crippen molar-refractivity contribution < 1.29 is 9.53 Å². The second-order valence-electron chi connectivity index (χ2n) is 5.83. The molecule has 3 heteroatoms. The van der Waals surface area contributed by atoms with Crippen molar-refractivity contribution in [2.75, 3.05) is 26.2 Å². The van der Waals surface area contributed by atoms with Gasteiger partial charge in [0.15, 0.2) is 0 Å². The highest BCUT2D eigenvalue weighted by Crippen LogP contribution is 2.26. The van der Waals surface area contributed by atoms with Crippen molar-refractivity contribution in [3.8, 4) is 0 Å². The molecule has 0 N–H and O–H groups in total. The standard InChI is InChI=1S/C15H27NO2/c1-2-18-15(17)14-8-10-16(11-9-14)12-13-6-4-3-5-7-13/h13-14H,2-12H2,1H3. The van der Waals surface area contributed by atoms with Gasteiger partial charge in [-0.2, -0.15) is 0 Å². The summed E-state index contributed by atoms with van der Waals surface area (Å²) >= 11 is 0. The summed E-state index contributed by atoms with van der Waals surface area (Å²) in [5.41, 5.74) is 0. The van der Waals surface area contributed by atoms with E-state index in [1.807, 2.05) is 6.92 Å². The largest absolute Gasteiger partial charge is 0.466 e. The molecule has 1 aliphatic heterocycles. The molecule has 1 saturated heterocycles. The van der Waals surface area contributed by atoms with Crippen LogP contribution in [0.2, 0.25) is 0 Å². The van der Waals surface area contributed by atoms with E-state index < -0.39 is 0 Å². The smallest absolute Gasteiger partial charge is 0.309 e. The van der Waals surface area contributed by atoms with Crippen LogP contribution in [0.15, 0.2) is 0 Å². The maximum Gasteiger partial charge on any atom is 0.309 e. The summed E-state index contributed by atoms with van der Waals surface area (Å²) in [5.74, 6) is 1.10. The number of carbonyl (C=O) groups is 1. The first-order valence-corrected chi connectivity index (χ1v) is 7.68. The number of ether oxygens (including phenoxy) is 1. The van der Waals surface area contributed by atoms with Crippen LogP contribution in [0, 0.1) is 11.8 Å². The molecule has 1 heterocycles. The van der Waals surface area contributed by atoms with Gasteiger partial charge in [-0.25, -0.2) is 0 Å². The molecule has 0 radical (unpaired) electrons. The van der Waals surface area contributed by atoms with E-state index in [1.54, 1.807) is 0 Å². The predicted octanol–water partition coefficient (Wildman–Crippen LogP) is 2.84. The lowest BCUT2D eigenvalue weighted by Crippen LogP contribution is -2.39. The van der Waals surface area contributed by atoms with Gasteiger partial charge in [-0.05, 0) is 51.6 Å². The molecule has 1 saturated carbocycles. The van der Waals surface area contributed by atoms with E-state index in [4.69, 9.17) is 4.74 Å². The van der Waals surface area contributed by atoms with Crippen LogP contribution in [-0.4, -0.2) is 37.1 Å². The molecule has 104 valence electrons. The molecule has 0 atom stereocenters. The summed E-state index contributed by atoms with van der Waals surface area (Å²) in [6.07, 6.45) is 9.09. The molecule has 2 aliphatic rings. The Labute approximate surface area is 111 Å². The van der Waals surface area contributed by atoms with Crippen LogP contribution >= 0.6 is 0 Å². The minimum absolute atomic E-state index is 0.0230. The molecule has 2 rings (SSSR count). The molecule has 0 aromatic heterocycles. The van der Waals surface area contributed by atoms with Crippen LogP contribution in [-0.2, 0) is 9.53 Å². The Bertz CT molecular complexity index is 253. The van der Waals surface area contributed by atoms with Crippen molar-refractivity contribution in [2.45, 2.75) is 51.9 Å². The molecule has 0 bridgehead atoms. The lowest BCUT2D eigenvalue weighted by molar-refractivity contribution is -0.149. The third kappa shape index (κ3) is 3.98. The van der Waals surface area contributed by atoms with Crippen LogP contribution in [0.25, 0.3) is 0 Å². The third-order valence-corrected chi connectivity index (χ3v) is 4.45. The molecule has 1 aliphatic carbocycles. The van der Waals surface area contributed by atoms with E-state index in [-0.39, 0.29) is 11.9 Å². The van der Waals surface area contributed by atoms with Gasteiger partial charge in [0.25, 0.3) is 0 Å². The second kappa shape index (κ2) is 7.13. The lowest BCUT2D eigenvalue weighted by atomic mass is 9.88. The molecule has 3 nitrogen and oxygen atoms in total. The van der Waals surface area contributed by atoms with Gasteiger partial charge in [-0.15, -0.1) is 0 Å². The van der Waals surface area contributed by atoms with Gasteiger partial charge in [0, 0.05) is 6.54 Å². The molecule has 0 aromatic rings. The van der Waals surface area contributed by atoms with E-state index in [0.717, 1.165) is 31.8 Å². The van der Waals surface area contributed by atoms with E-state index >= 15 is 0 Å². The van der Waals surface area contributed by atoms with Gasteiger partial charge in [0.1, 0.15) is 0 Å². The zero-order valence-electron chi connectivity index (χ0n) is 11.7. The number of hydrogen-bond donors (Lipinski definition) is 0. The fourth-order valence-electron chi connectivity index (χ4n) is 3.35. The lowest BCUT2D eigenvalue weighted by Gasteiger charge is -2.34. The van der Waals surface area contributed by atoms with Crippen molar-refractivity contribution in [1.29, 1.82) is 0 Å². The second-order valence-corrected chi connectivity index (χ2v) is 5.83. The van der Waals surface area contributed by atoms with Crippen molar-refractivity contribution in [3.05, 3.63) is 0 Å². The first kappa shape index (κ1) is 13.9. The normalized spacial score (nSPS) is 24.1.